The average molecular weight is 555 g/mol. The first-order valence-corrected chi connectivity index (χ1v) is 8.14. The minimum atomic E-state index is 0.0233. The van der Waals surface area contributed by atoms with E-state index in [1.54, 1.807) is 0 Å². The zero-order valence-electron chi connectivity index (χ0n) is 8.98. The summed E-state index contributed by atoms with van der Waals surface area (Å²) in [5, 5.41) is 2.99. The van der Waals surface area contributed by atoms with Crippen LogP contribution in [0.2, 0.25) is 0 Å². The molecule has 0 spiro atoms. The molecule has 1 aromatic rings. The second-order valence-electron chi connectivity index (χ2n) is 3.53. The van der Waals surface area contributed by atoms with Crippen molar-refractivity contribution in [3.8, 4) is 0 Å². The Hall–Kier alpha value is 0.880. The molecule has 1 aromatic carbocycles. The van der Waals surface area contributed by atoms with Crippen molar-refractivity contribution in [2.24, 2.45) is 0 Å². The molecule has 1 unspecified atom stereocenters. The zero-order chi connectivity index (χ0) is 12.3. The first kappa shape index (κ1) is 14.9. The highest BCUT2D eigenvalue weighted by Gasteiger charge is 2.14. The van der Waals surface area contributed by atoms with Crippen molar-refractivity contribution in [2.75, 3.05) is 0 Å². The maximum absolute atomic E-state index is 12.0. The summed E-state index contributed by atoms with van der Waals surface area (Å²) in [6.45, 7) is 4.08. The molecular formula is C11H12I3NO. The Morgan fingerprint density at radius 1 is 1.38 bits per heavy atom. The first-order chi connectivity index (χ1) is 7.45. The Kier molecular flexibility index (Phi) is 6.27. The van der Waals surface area contributed by atoms with Crippen LogP contribution in [0.5, 0.6) is 0 Å². The van der Waals surface area contributed by atoms with Gasteiger partial charge in [0.15, 0.2) is 0 Å². The second-order valence-corrected chi connectivity index (χ2v) is 7.02. The SMILES string of the molecule is CCC(C)NC(=O)c1cc(I)cc(I)c1I. The molecule has 1 rings (SSSR count). The molecule has 0 saturated heterocycles. The Morgan fingerprint density at radius 2 is 2.00 bits per heavy atom. The van der Waals surface area contributed by atoms with Crippen LogP contribution < -0.4 is 5.32 Å². The van der Waals surface area contributed by atoms with Crippen LogP contribution in [0.3, 0.4) is 0 Å². The van der Waals surface area contributed by atoms with E-state index in [4.69, 9.17) is 0 Å². The van der Waals surface area contributed by atoms with Crippen LogP contribution in [0.25, 0.3) is 0 Å². The Labute approximate surface area is 137 Å². The fourth-order valence-electron chi connectivity index (χ4n) is 1.12. The molecule has 0 aliphatic rings. The number of carbonyl (C=O) groups is 1. The molecule has 1 atom stereocenters. The predicted molar refractivity (Wildman–Crippen MR) is 91.8 cm³/mol. The first-order valence-electron chi connectivity index (χ1n) is 4.91. The molecular weight excluding hydrogens is 543 g/mol. The van der Waals surface area contributed by atoms with E-state index < -0.39 is 0 Å². The van der Waals surface area contributed by atoms with Crippen LogP contribution in [0, 0.1) is 10.7 Å². The quantitative estimate of drug-likeness (QED) is 0.444. The van der Waals surface area contributed by atoms with Crippen LogP contribution in [-0.4, -0.2) is 11.9 Å². The lowest BCUT2D eigenvalue weighted by Gasteiger charge is -2.13. The van der Waals surface area contributed by atoms with Crippen LogP contribution in [-0.2, 0) is 0 Å². The number of rotatable bonds is 3. The summed E-state index contributed by atoms with van der Waals surface area (Å²) in [5.74, 6) is 0.0233. The van der Waals surface area contributed by atoms with Gasteiger partial charge < -0.3 is 5.32 Å². The van der Waals surface area contributed by atoms with Gasteiger partial charge in [0.2, 0.25) is 0 Å². The van der Waals surface area contributed by atoms with E-state index in [-0.39, 0.29) is 11.9 Å². The van der Waals surface area contributed by atoms with Crippen molar-refractivity contribution < 1.29 is 4.79 Å². The molecule has 0 aromatic heterocycles. The van der Waals surface area contributed by atoms with Gasteiger partial charge in [0, 0.05) is 16.8 Å². The van der Waals surface area contributed by atoms with Crippen molar-refractivity contribution in [3.63, 3.8) is 0 Å². The van der Waals surface area contributed by atoms with Crippen LogP contribution in [0.1, 0.15) is 30.6 Å². The van der Waals surface area contributed by atoms with E-state index in [1.165, 1.54) is 0 Å². The number of carbonyl (C=O) groups excluding carboxylic acids is 1. The lowest BCUT2D eigenvalue weighted by molar-refractivity contribution is 0.0938. The van der Waals surface area contributed by atoms with Crippen LogP contribution in [0.15, 0.2) is 12.1 Å². The van der Waals surface area contributed by atoms with E-state index in [0.29, 0.717) is 0 Å². The standard InChI is InChI=1S/C11H12I3NO/c1-3-6(2)15-11(16)8-4-7(12)5-9(13)10(8)14/h4-6H,3H2,1-2H3,(H,15,16). The van der Waals surface area contributed by atoms with E-state index >= 15 is 0 Å². The summed E-state index contributed by atoms with van der Waals surface area (Å²) in [5.41, 5.74) is 0.775. The monoisotopic (exact) mass is 555 g/mol. The lowest BCUT2D eigenvalue weighted by Crippen LogP contribution is -2.32. The summed E-state index contributed by atoms with van der Waals surface area (Å²) >= 11 is 6.72. The molecule has 0 saturated carbocycles. The van der Waals surface area contributed by atoms with Crippen LogP contribution in [0.4, 0.5) is 0 Å². The minimum Gasteiger partial charge on any atom is -0.350 e. The van der Waals surface area contributed by atoms with Gasteiger partial charge in [-0.15, -0.1) is 0 Å². The van der Waals surface area contributed by atoms with Gasteiger partial charge in [-0.2, -0.15) is 0 Å². The van der Waals surface area contributed by atoms with Gasteiger partial charge in [-0.25, -0.2) is 0 Å². The molecule has 0 fully saturated rings. The average Bonchev–Trinajstić information content (AvgIpc) is 2.22. The van der Waals surface area contributed by atoms with E-state index in [9.17, 15) is 4.79 Å². The third-order valence-corrected chi connectivity index (χ3v) is 5.90. The molecule has 2 nitrogen and oxygen atoms in total. The third-order valence-electron chi connectivity index (χ3n) is 2.23. The maximum atomic E-state index is 12.0. The largest absolute Gasteiger partial charge is 0.350 e. The van der Waals surface area contributed by atoms with Crippen molar-refractivity contribution >= 4 is 73.7 Å². The molecule has 0 bridgehead atoms. The highest BCUT2D eigenvalue weighted by atomic mass is 127. The van der Waals surface area contributed by atoms with Crippen molar-refractivity contribution in [1.82, 2.24) is 5.32 Å². The van der Waals surface area contributed by atoms with Gasteiger partial charge in [0.25, 0.3) is 5.91 Å². The second kappa shape index (κ2) is 6.72. The summed E-state index contributed by atoms with van der Waals surface area (Å²) < 4.78 is 3.25. The van der Waals surface area contributed by atoms with Crippen LogP contribution >= 0.6 is 67.8 Å². The maximum Gasteiger partial charge on any atom is 0.252 e. The molecule has 0 radical (unpaired) electrons. The molecule has 0 aliphatic carbocycles. The van der Waals surface area contributed by atoms with Gasteiger partial charge in [0.05, 0.1) is 5.56 Å². The van der Waals surface area contributed by atoms with Gasteiger partial charge in [-0.05, 0) is 93.2 Å². The number of hydrogen-bond donors (Lipinski definition) is 1. The third kappa shape index (κ3) is 3.97. The zero-order valence-corrected chi connectivity index (χ0v) is 15.5. The topological polar surface area (TPSA) is 29.1 Å². The number of hydrogen-bond acceptors (Lipinski definition) is 1. The smallest absolute Gasteiger partial charge is 0.252 e. The summed E-state index contributed by atoms with van der Waals surface area (Å²) in [6, 6.07) is 4.23. The molecule has 88 valence electrons. The van der Waals surface area contributed by atoms with Gasteiger partial charge in [-0.3, -0.25) is 4.79 Å². The molecule has 1 N–H and O–H groups in total. The molecule has 0 aliphatic heterocycles. The van der Waals surface area contributed by atoms with Gasteiger partial charge in [-0.1, -0.05) is 6.92 Å². The van der Waals surface area contributed by atoms with Crippen molar-refractivity contribution in [3.05, 3.63) is 28.4 Å². The highest BCUT2D eigenvalue weighted by molar-refractivity contribution is 14.1. The predicted octanol–water partition coefficient (Wildman–Crippen LogP) is 4.03. The fourth-order valence-corrected chi connectivity index (χ4v) is 3.53. The molecule has 5 heteroatoms. The van der Waals surface area contributed by atoms with Gasteiger partial charge >= 0.3 is 0 Å². The van der Waals surface area contributed by atoms with Crippen molar-refractivity contribution in [1.29, 1.82) is 0 Å². The van der Waals surface area contributed by atoms with E-state index in [1.807, 2.05) is 13.0 Å². The summed E-state index contributed by atoms with van der Waals surface area (Å²) in [6.07, 6.45) is 0.948. The number of nitrogens with one attached hydrogen (secondary N) is 1. The fraction of sp³-hybridized carbons (Fsp3) is 0.364. The highest BCUT2D eigenvalue weighted by Crippen LogP contribution is 2.22. The van der Waals surface area contributed by atoms with Gasteiger partial charge in [0.1, 0.15) is 0 Å². The molecule has 0 heterocycles. The molecule has 16 heavy (non-hydrogen) atoms. The Morgan fingerprint density at radius 3 is 2.56 bits per heavy atom. The van der Waals surface area contributed by atoms with E-state index in [0.717, 1.165) is 22.7 Å². The number of amides is 1. The lowest BCUT2D eigenvalue weighted by atomic mass is 10.2. The minimum absolute atomic E-state index is 0.0233. The number of benzene rings is 1. The van der Waals surface area contributed by atoms with E-state index in [2.05, 4.69) is 86.1 Å². The Bertz CT molecular complexity index is 406. The molecule has 1 amide bonds. The normalized spacial score (nSPS) is 12.3. The summed E-state index contributed by atoms with van der Waals surface area (Å²) in [7, 11) is 0. The Balaban J connectivity index is 2.99. The summed E-state index contributed by atoms with van der Waals surface area (Å²) in [4.78, 5) is 12.0. The number of halogens is 3. The van der Waals surface area contributed by atoms with Crippen molar-refractivity contribution in [2.45, 2.75) is 26.3 Å².